The summed E-state index contributed by atoms with van der Waals surface area (Å²) in [7, 11) is -1.98. The minimum atomic E-state index is -1.98. The zero-order chi connectivity index (χ0) is 14.3. The van der Waals surface area contributed by atoms with Crippen LogP contribution in [0.2, 0.25) is 11.1 Å². The molecule has 0 heterocycles. The van der Waals surface area contributed by atoms with Gasteiger partial charge in [-0.05, 0) is 16.3 Å². The molecule has 19 heavy (non-hydrogen) atoms. The molecule has 0 aromatic heterocycles. The second-order valence-electron chi connectivity index (χ2n) is 5.32. The maximum Gasteiger partial charge on any atom is 0.229 e. The van der Waals surface area contributed by atoms with Crippen molar-refractivity contribution in [2.75, 3.05) is 12.5 Å². The molecule has 0 aliphatic rings. The number of halogens is 1. The lowest BCUT2D eigenvalue weighted by Crippen LogP contribution is -2.57. The van der Waals surface area contributed by atoms with E-state index in [1.54, 1.807) is 0 Å². The van der Waals surface area contributed by atoms with Crippen molar-refractivity contribution in [1.29, 1.82) is 0 Å². The molecule has 0 aliphatic carbocycles. The highest BCUT2D eigenvalue weighted by atomic mass is 35.5. The van der Waals surface area contributed by atoms with E-state index in [2.05, 4.69) is 58.0 Å². The van der Waals surface area contributed by atoms with Crippen molar-refractivity contribution in [2.45, 2.75) is 51.6 Å². The Balaban J connectivity index is 3.25. The molecule has 0 fully saturated rings. The first-order valence-corrected chi connectivity index (χ1v) is 9.98. The number of benzene rings is 1. The van der Waals surface area contributed by atoms with Gasteiger partial charge >= 0.3 is 0 Å². The van der Waals surface area contributed by atoms with E-state index in [1.165, 1.54) is 5.19 Å². The Kier molecular flexibility index (Phi) is 7.12. The minimum absolute atomic E-state index is 0.578. The van der Waals surface area contributed by atoms with Gasteiger partial charge in [0, 0.05) is 12.5 Å². The lowest BCUT2D eigenvalue weighted by atomic mass is 10.3. The smallest absolute Gasteiger partial charge is 0.229 e. The van der Waals surface area contributed by atoms with Gasteiger partial charge in [-0.3, -0.25) is 0 Å². The predicted octanol–water partition coefficient (Wildman–Crippen LogP) is 4.69. The number of hydrogen-bond donors (Lipinski definition) is 0. The number of hydrogen-bond acceptors (Lipinski definition) is 1. The van der Waals surface area contributed by atoms with Crippen LogP contribution in [-0.2, 0) is 4.43 Å². The summed E-state index contributed by atoms with van der Waals surface area (Å²) in [6, 6.07) is 10.8. The standard InChI is InChI=1S/C16H27ClOSi/c1-5-14(3)19(15(4)6-2,18-13-12-17)16-10-8-7-9-11-16/h7-11,14-15H,5-6,12-13H2,1-4H3. The summed E-state index contributed by atoms with van der Waals surface area (Å²) in [5.74, 6) is 0.578. The van der Waals surface area contributed by atoms with Gasteiger partial charge in [0.1, 0.15) is 0 Å². The van der Waals surface area contributed by atoms with Crippen LogP contribution in [0.3, 0.4) is 0 Å². The second kappa shape index (κ2) is 8.08. The van der Waals surface area contributed by atoms with E-state index in [9.17, 15) is 0 Å². The fourth-order valence-electron chi connectivity index (χ4n) is 2.94. The van der Waals surface area contributed by atoms with Gasteiger partial charge in [0.2, 0.25) is 8.32 Å². The fraction of sp³-hybridized carbons (Fsp3) is 0.625. The van der Waals surface area contributed by atoms with Gasteiger partial charge in [-0.1, -0.05) is 70.9 Å². The molecule has 0 bridgehead atoms. The van der Waals surface area contributed by atoms with Crippen LogP contribution in [0.4, 0.5) is 0 Å². The van der Waals surface area contributed by atoms with Gasteiger partial charge in [0.15, 0.2) is 0 Å². The molecule has 108 valence electrons. The molecule has 0 radical (unpaired) electrons. The third-order valence-corrected chi connectivity index (χ3v) is 10.1. The van der Waals surface area contributed by atoms with Gasteiger partial charge < -0.3 is 4.43 Å². The lowest BCUT2D eigenvalue weighted by Gasteiger charge is -2.41. The van der Waals surface area contributed by atoms with Crippen molar-refractivity contribution >= 4 is 25.1 Å². The van der Waals surface area contributed by atoms with Crippen LogP contribution >= 0.6 is 11.6 Å². The summed E-state index contributed by atoms with van der Waals surface area (Å²) in [4.78, 5) is 0. The fourth-order valence-corrected chi connectivity index (χ4v) is 8.35. The quantitative estimate of drug-likeness (QED) is 0.499. The Morgan fingerprint density at radius 3 is 2.00 bits per heavy atom. The monoisotopic (exact) mass is 298 g/mol. The zero-order valence-electron chi connectivity index (χ0n) is 12.7. The second-order valence-corrected chi connectivity index (χ2v) is 10.1. The van der Waals surface area contributed by atoms with E-state index in [-0.39, 0.29) is 0 Å². The Labute approximate surface area is 124 Å². The summed E-state index contributed by atoms with van der Waals surface area (Å²) in [6.07, 6.45) is 2.32. The van der Waals surface area contributed by atoms with Crippen LogP contribution in [-0.4, -0.2) is 20.8 Å². The molecule has 0 aliphatic heterocycles. The van der Waals surface area contributed by atoms with E-state index in [4.69, 9.17) is 16.0 Å². The van der Waals surface area contributed by atoms with Crippen molar-refractivity contribution in [3.05, 3.63) is 30.3 Å². The maximum atomic E-state index is 6.48. The van der Waals surface area contributed by atoms with Gasteiger partial charge in [-0.25, -0.2) is 0 Å². The Hall–Kier alpha value is -0.313. The molecule has 3 heteroatoms. The average Bonchev–Trinajstić information content (AvgIpc) is 2.48. The van der Waals surface area contributed by atoms with Crippen LogP contribution in [0.1, 0.15) is 40.5 Å². The van der Waals surface area contributed by atoms with Crippen molar-refractivity contribution in [3.8, 4) is 0 Å². The van der Waals surface area contributed by atoms with Crippen LogP contribution in [0.25, 0.3) is 0 Å². The van der Waals surface area contributed by atoms with Crippen molar-refractivity contribution in [1.82, 2.24) is 0 Å². The maximum absolute atomic E-state index is 6.48. The molecule has 1 aromatic rings. The largest absolute Gasteiger partial charge is 0.411 e. The minimum Gasteiger partial charge on any atom is -0.411 e. The lowest BCUT2D eigenvalue weighted by molar-refractivity contribution is 0.312. The number of rotatable bonds is 8. The first-order valence-electron chi connectivity index (χ1n) is 7.38. The summed E-state index contributed by atoms with van der Waals surface area (Å²) in [5.41, 5.74) is 1.21. The molecule has 1 rings (SSSR count). The summed E-state index contributed by atoms with van der Waals surface area (Å²) in [6.45, 7) is 9.89. The van der Waals surface area contributed by atoms with Crippen LogP contribution < -0.4 is 5.19 Å². The molecule has 2 atom stereocenters. The van der Waals surface area contributed by atoms with Gasteiger partial charge in [-0.15, -0.1) is 11.6 Å². The van der Waals surface area contributed by atoms with E-state index >= 15 is 0 Å². The van der Waals surface area contributed by atoms with Crippen LogP contribution in [0.5, 0.6) is 0 Å². The molecule has 1 nitrogen and oxygen atoms in total. The molecule has 0 saturated heterocycles. The Morgan fingerprint density at radius 1 is 1.05 bits per heavy atom. The normalized spacial score (nSPS) is 17.7. The third-order valence-electron chi connectivity index (χ3n) is 4.33. The number of alkyl halides is 1. The molecule has 0 N–H and O–H groups in total. The van der Waals surface area contributed by atoms with Crippen LogP contribution in [0.15, 0.2) is 30.3 Å². The Morgan fingerprint density at radius 2 is 1.58 bits per heavy atom. The zero-order valence-corrected chi connectivity index (χ0v) is 14.4. The van der Waals surface area contributed by atoms with Crippen molar-refractivity contribution in [3.63, 3.8) is 0 Å². The highest BCUT2D eigenvalue weighted by Gasteiger charge is 2.46. The highest BCUT2D eigenvalue weighted by molar-refractivity contribution is 6.88. The first kappa shape index (κ1) is 16.7. The predicted molar refractivity (Wildman–Crippen MR) is 87.9 cm³/mol. The van der Waals surface area contributed by atoms with E-state index < -0.39 is 8.32 Å². The third kappa shape index (κ3) is 3.62. The first-order chi connectivity index (χ1) is 9.13. The molecule has 0 saturated carbocycles. The van der Waals surface area contributed by atoms with Crippen LogP contribution in [0, 0.1) is 0 Å². The molecule has 1 aromatic carbocycles. The van der Waals surface area contributed by atoms with E-state index in [0.717, 1.165) is 12.8 Å². The SMILES string of the molecule is CCC(C)[Si](OCCCl)(c1ccccc1)C(C)CC. The molecule has 2 unspecified atom stereocenters. The van der Waals surface area contributed by atoms with Crippen molar-refractivity contribution < 1.29 is 4.43 Å². The average molecular weight is 299 g/mol. The summed E-state index contributed by atoms with van der Waals surface area (Å²) >= 11 is 5.89. The van der Waals surface area contributed by atoms with E-state index in [0.29, 0.717) is 23.6 Å². The van der Waals surface area contributed by atoms with Gasteiger partial charge in [0.05, 0.1) is 0 Å². The molecular formula is C16H27ClOSi. The van der Waals surface area contributed by atoms with E-state index in [1.807, 2.05) is 0 Å². The van der Waals surface area contributed by atoms with Gasteiger partial charge in [-0.2, -0.15) is 0 Å². The summed E-state index contributed by atoms with van der Waals surface area (Å²) < 4.78 is 6.48. The van der Waals surface area contributed by atoms with Crippen molar-refractivity contribution in [2.24, 2.45) is 0 Å². The summed E-state index contributed by atoms with van der Waals surface area (Å²) in [5, 5.41) is 1.42. The highest BCUT2D eigenvalue weighted by Crippen LogP contribution is 2.37. The van der Waals surface area contributed by atoms with Gasteiger partial charge in [0.25, 0.3) is 0 Å². The topological polar surface area (TPSA) is 9.23 Å². The molecule has 0 spiro atoms. The molecular weight excluding hydrogens is 272 g/mol. The Bertz CT molecular complexity index is 345. The molecule has 0 amide bonds.